The second-order valence-electron chi connectivity index (χ2n) is 2.64. The normalized spacial score (nSPS) is 10.8. The minimum absolute atomic E-state index is 0.146. The Kier molecular flexibility index (Phi) is 2.49. The van der Waals surface area contributed by atoms with Crippen molar-refractivity contribution in [1.82, 2.24) is 14.6 Å². The standard InChI is InChI=1S/C7H5ClN4O2S/c1-15-6-2-5(8)10-7-4(12(13)14)3-9-11(6)7/h2-3H,1H3. The highest BCUT2D eigenvalue weighted by atomic mass is 35.5. The summed E-state index contributed by atoms with van der Waals surface area (Å²) >= 11 is 7.14. The van der Waals surface area contributed by atoms with Gasteiger partial charge in [0.05, 0.1) is 4.92 Å². The molecular formula is C7H5ClN4O2S. The topological polar surface area (TPSA) is 73.3 Å². The van der Waals surface area contributed by atoms with Gasteiger partial charge in [-0.15, -0.1) is 11.8 Å². The molecule has 15 heavy (non-hydrogen) atoms. The molecule has 2 aromatic rings. The van der Waals surface area contributed by atoms with Crippen LogP contribution >= 0.6 is 23.4 Å². The summed E-state index contributed by atoms with van der Waals surface area (Å²) in [5, 5.41) is 15.5. The van der Waals surface area contributed by atoms with Gasteiger partial charge in [0.15, 0.2) is 0 Å². The molecule has 0 aliphatic rings. The zero-order chi connectivity index (χ0) is 11.0. The molecule has 0 amide bonds. The average molecular weight is 245 g/mol. The summed E-state index contributed by atoms with van der Waals surface area (Å²) in [5.74, 6) is 0. The monoisotopic (exact) mass is 244 g/mol. The number of rotatable bonds is 2. The number of nitrogens with zero attached hydrogens (tertiary/aromatic N) is 4. The number of halogens is 1. The van der Waals surface area contributed by atoms with Gasteiger partial charge < -0.3 is 0 Å². The molecular weight excluding hydrogens is 240 g/mol. The second-order valence-corrected chi connectivity index (χ2v) is 3.86. The molecule has 0 spiro atoms. The number of hydrogen-bond donors (Lipinski definition) is 0. The van der Waals surface area contributed by atoms with E-state index in [1.165, 1.54) is 22.5 Å². The van der Waals surface area contributed by atoms with E-state index in [1.807, 2.05) is 6.26 Å². The van der Waals surface area contributed by atoms with Crippen LogP contribution in [0.2, 0.25) is 5.15 Å². The van der Waals surface area contributed by atoms with Crippen molar-refractivity contribution < 1.29 is 4.92 Å². The van der Waals surface area contributed by atoms with Crippen LogP contribution in [0.5, 0.6) is 0 Å². The lowest BCUT2D eigenvalue weighted by atomic mass is 10.5. The van der Waals surface area contributed by atoms with Crippen molar-refractivity contribution in [2.75, 3.05) is 6.26 Å². The molecule has 0 bridgehead atoms. The van der Waals surface area contributed by atoms with Crippen LogP contribution in [0.25, 0.3) is 5.65 Å². The molecule has 2 heterocycles. The van der Waals surface area contributed by atoms with Gasteiger partial charge in [0.25, 0.3) is 0 Å². The van der Waals surface area contributed by atoms with Crippen molar-refractivity contribution in [3.63, 3.8) is 0 Å². The molecule has 2 aromatic heterocycles. The third-order valence-corrected chi connectivity index (χ3v) is 2.70. The minimum atomic E-state index is -0.532. The summed E-state index contributed by atoms with van der Waals surface area (Å²) < 4.78 is 1.40. The molecule has 0 saturated heterocycles. The average Bonchev–Trinajstić information content (AvgIpc) is 2.59. The van der Waals surface area contributed by atoms with E-state index in [-0.39, 0.29) is 16.5 Å². The van der Waals surface area contributed by atoms with Gasteiger partial charge in [-0.2, -0.15) is 5.10 Å². The summed E-state index contributed by atoms with van der Waals surface area (Å²) in [4.78, 5) is 14.0. The Morgan fingerprint density at radius 3 is 3.00 bits per heavy atom. The van der Waals surface area contributed by atoms with E-state index in [2.05, 4.69) is 10.1 Å². The molecule has 0 radical (unpaired) electrons. The van der Waals surface area contributed by atoms with Gasteiger partial charge in [0, 0.05) is 6.07 Å². The zero-order valence-electron chi connectivity index (χ0n) is 7.55. The summed E-state index contributed by atoms with van der Waals surface area (Å²) in [6.07, 6.45) is 3.00. The van der Waals surface area contributed by atoms with Crippen LogP contribution in [0, 0.1) is 10.1 Å². The Morgan fingerprint density at radius 1 is 1.67 bits per heavy atom. The van der Waals surface area contributed by atoms with Gasteiger partial charge in [0.1, 0.15) is 16.4 Å². The lowest BCUT2D eigenvalue weighted by Crippen LogP contribution is -1.96. The van der Waals surface area contributed by atoms with Crippen LogP contribution in [0.15, 0.2) is 17.3 Å². The lowest BCUT2D eigenvalue weighted by molar-refractivity contribution is -0.383. The first-order valence-electron chi connectivity index (χ1n) is 3.86. The highest BCUT2D eigenvalue weighted by Gasteiger charge is 2.18. The van der Waals surface area contributed by atoms with E-state index in [1.54, 1.807) is 6.07 Å². The van der Waals surface area contributed by atoms with Crippen LogP contribution in [-0.2, 0) is 0 Å². The van der Waals surface area contributed by atoms with Gasteiger partial charge in [-0.1, -0.05) is 11.6 Å². The fourth-order valence-corrected chi connectivity index (χ4v) is 1.95. The smallest absolute Gasteiger partial charge is 0.258 e. The van der Waals surface area contributed by atoms with Crippen molar-refractivity contribution >= 4 is 34.7 Å². The van der Waals surface area contributed by atoms with E-state index in [9.17, 15) is 10.1 Å². The fraction of sp³-hybridized carbons (Fsp3) is 0.143. The van der Waals surface area contributed by atoms with E-state index in [0.717, 1.165) is 0 Å². The number of nitro groups is 1. The van der Waals surface area contributed by atoms with E-state index in [4.69, 9.17) is 11.6 Å². The first kappa shape index (κ1) is 10.2. The Hall–Kier alpha value is -1.34. The first-order valence-corrected chi connectivity index (χ1v) is 5.46. The molecule has 6 nitrogen and oxygen atoms in total. The van der Waals surface area contributed by atoms with Crippen molar-refractivity contribution in [1.29, 1.82) is 0 Å². The Labute approximate surface area is 93.4 Å². The molecule has 0 N–H and O–H groups in total. The molecule has 0 unspecified atom stereocenters. The maximum absolute atomic E-state index is 10.6. The lowest BCUT2D eigenvalue weighted by Gasteiger charge is -2.00. The van der Waals surface area contributed by atoms with Crippen LogP contribution in [0.1, 0.15) is 0 Å². The highest BCUT2D eigenvalue weighted by Crippen LogP contribution is 2.24. The van der Waals surface area contributed by atoms with Crippen LogP contribution in [0.3, 0.4) is 0 Å². The zero-order valence-corrected chi connectivity index (χ0v) is 9.12. The van der Waals surface area contributed by atoms with Crippen LogP contribution in [-0.4, -0.2) is 25.8 Å². The molecule has 0 aromatic carbocycles. The fourth-order valence-electron chi connectivity index (χ4n) is 1.17. The highest BCUT2D eigenvalue weighted by molar-refractivity contribution is 7.98. The van der Waals surface area contributed by atoms with Crippen LogP contribution in [0.4, 0.5) is 5.69 Å². The summed E-state index contributed by atoms with van der Waals surface area (Å²) in [6, 6.07) is 1.61. The molecule has 8 heteroatoms. The molecule has 0 fully saturated rings. The number of thioether (sulfide) groups is 1. The molecule has 0 aliphatic heterocycles. The van der Waals surface area contributed by atoms with Crippen molar-refractivity contribution in [3.8, 4) is 0 Å². The first-order chi connectivity index (χ1) is 7.13. The van der Waals surface area contributed by atoms with Gasteiger partial charge in [-0.3, -0.25) is 10.1 Å². The predicted molar refractivity (Wildman–Crippen MR) is 56.4 cm³/mol. The summed E-state index contributed by atoms with van der Waals surface area (Å²) in [7, 11) is 0. The van der Waals surface area contributed by atoms with E-state index >= 15 is 0 Å². The van der Waals surface area contributed by atoms with Gasteiger partial charge in [0.2, 0.25) is 5.65 Å². The predicted octanol–water partition coefficient (Wildman–Crippen LogP) is 2.01. The largest absolute Gasteiger partial charge is 0.333 e. The van der Waals surface area contributed by atoms with E-state index in [0.29, 0.717) is 5.03 Å². The third kappa shape index (κ3) is 1.64. The van der Waals surface area contributed by atoms with Gasteiger partial charge in [-0.25, -0.2) is 9.50 Å². The summed E-state index contributed by atoms with van der Waals surface area (Å²) in [5.41, 5.74) is 0.0182. The number of fused-ring (bicyclic) bond motifs is 1. The van der Waals surface area contributed by atoms with Crippen molar-refractivity contribution in [2.24, 2.45) is 0 Å². The van der Waals surface area contributed by atoms with E-state index < -0.39 is 4.92 Å². The molecule has 0 aliphatic carbocycles. The van der Waals surface area contributed by atoms with Gasteiger partial charge >= 0.3 is 5.69 Å². The maximum Gasteiger partial charge on any atom is 0.333 e. The Bertz CT molecular complexity index is 541. The second kappa shape index (κ2) is 3.67. The molecule has 2 rings (SSSR count). The molecule has 0 saturated carbocycles. The minimum Gasteiger partial charge on any atom is -0.258 e. The number of aromatic nitrogens is 3. The summed E-state index contributed by atoms with van der Waals surface area (Å²) in [6.45, 7) is 0. The maximum atomic E-state index is 10.6. The van der Waals surface area contributed by atoms with Gasteiger partial charge in [-0.05, 0) is 6.26 Å². The molecule has 0 atom stereocenters. The molecule has 78 valence electrons. The third-order valence-electron chi connectivity index (χ3n) is 1.80. The Morgan fingerprint density at radius 2 is 2.40 bits per heavy atom. The van der Waals surface area contributed by atoms with Crippen molar-refractivity contribution in [3.05, 3.63) is 27.5 Å². The van der Waals surface area contributed by atoms with Crippen LogP contribution < -0.4 is 0 Å². The number of hydrogen-bond acceptors (Lipinski definition) is 5. The SMILES string of the molecule is CSc1cc(Cl)nc2c([N+](=O)[O-])cnn12. The Balaban J connectivity index is 2.80. The van der Waals surface area contributed by atoms with Crippen molar-refractivity contribution in [2.45, 2.75) is 5.03 Å². The quantitative estimate of drug-likeness (QED) is 0.350.